The summed E-state index contributed by atoms with van der Waals surface area (Å²) < 4.78 is 25.8. The number of hydrogen-bond acceptors (Lipinski definition) is 6. The molecule has 2 aromatic rings. The fraction of sp³-hybridized carbons (Fsp3) is 0.286. The van der Waals surface area contributed by atoms with Crippen molar-refractivity contribution in [2.75, 3.05) is 17.2 Å². The summed E-state index contributed by atoms with van der Waals surface area (Å²) in [7, 11) is -3.98. The van der Waals surface area contributed by atoms with Crippen LogP contribution in [0.4, 0.5) is 5.69 Å². The van der Waals surface area contributed by atoms with E-state index in [4.69, 9.17) is 0 Å². The molecule has 32 heavy (non-hydrogen) atoms. The number of aryl methyl sites for hydroxylation is 1. The highest BCUT2D eigenvalue weighted by molar-refractivity contribution is 7.91. The molecule has 0 aliphatic carbocycles. The van der Waals surface area contributed by atoms with Crippen molar-refractivity contribution in [2.45, 2.75) is 29.8 Å². The van der Waals surface area contributed by atoms with Crippen LogP contribution in [0, 0.1) is 0 Å². The third-order valence-corrected chi connectivity index (χ3v) is 6.79. The van der Waals surface area contributed by atoms with Gasteiger partial charge in [0.15, 0.2) is 9.84 Å². The van der Waals surface area contributed by atoms with Gasteiger partial charge >= 0.3 is 11.9 Å². The molecular formula is C21H23ClN2O7S. The average molecular weight is 483 g/mol. The summed E-state index contributed by atoms with van der Waals surface area (Å²) in [5.74, 6) is -4.02. The van der Waals surface area contributed by atoms with Crippen LogP contribution in [0.2, 0.25) is 0 Å². The molecule has 0 radical (unpaired) electrons. The molecule has 1 aliphatic rings. The Kier molecular flexibility index (Phi) is 8.37. The Morgan fingerprint density at radius 3 is 2.31 bits per heavy atom. The number of carbonyl (C=O) groups excluding carboxylic acids is 1. The number of rotatable bonds is 8. The molecule has 0 fully saturated rings. The van der Waals surface area contributed by atoms with E-state index in [9.17, 15) is 33.0 Å². The van der Waals surface area contributed by atoms with Gasteiger partial charge in [0.2, 0.25) is 5.91 Å². The fourth-order valence-corrected chi connectivity index (χ4v) is 5.16. The number of carboxylic acids is 2. The maximum Gasteiger partial charge on any atom is 0.323 e. The molecule has 3 rings (SSSR count). The number of sulfone groups is 1. The zero-order valence-electron chi connectivity index (χ0n) is 16.9. The van der Waals surface area contributed by atoms with Gasteiger partial charge in [-0.1, -0.05) is 42.5 Å². The SMILES string of the molecule is Cl.O=C(O)CN1C(=O)[C@@H](NC(CCc2ccccc2)C(=O)O)CS(=O)(=O)c2ccccc21. The topological polar surface area (TPSA) is 141 Å². The molecule has 1 amide bonds. The Labute approximate surface area is 191 Å². The number of nitrogens with one attached hydrogen (secondary N) is 1. The fourth-order valence-electron chi connectivity index (χ4n) is 3.52. The molecule has 0 aromatic heterocycles. The molecule has 1 heterocycles. The van der Waals surface area contributed by atoms with E-state index in [1.807, 2.05) is 30.3 Å². The molecule has 0 bridgehead atoms. The second kappa shape index (κ2) is 10.6. The lowest BCUT2D eigenvalue weighted by Gasteiger charge is -2.26. The van der Waals surface area contributed by atoms with Crippen LogP contribution >= 0.6 is 12.4 Å². The van der Waals surface area contributed by atoms with Crippen LogP contribution < -0.4 is 10.2 Å². The number of anilines is 1. The third-order valence-electron chi connectivity index (χ3n) is 5.00. The molecule has 11 heteroatoms. The van der Waals surface area contributed by atoms with Gasteiger partial charge in [0.25, 0.3) is 0 Å². The van der Waals surface area contributed by atoms with Gasteiger partial charge in [-0.15, -0.1) is 12.4 Å². The summed E-state index contributed by atoms with van der Waals surface area (Å²) in [5.41, 5.74) is 0.866. The Morgan fingerprint density at radius 2 is 1.69 bits per heavy atom. The van der Waals surface area contributed by atoms with Crippen LogP contribution in [0.5, 0.6) is 0 Å². The standard InChI is InChI=1S/C21H22N2O7S.ClH/c24-19(25)12-23-17-8-4-5-9-18(17)31(29,30)13-16(20(23)26)22-15(21(27)28)11-10-14-6-2-1-3-7-14;/h1-9,15-16,22H,10-13H2,(H,24,25)(H,27,28);1H/t15?,16-;/m0./s1. The van der Waals surface area contributed by atoms with Gasteiger partial charge in [-0.2, -0.15) is 0 Å². The van der Waals surface area contributed by atoms with E-state index in [2.05, 4.69) is 5.32 Å². The van der Waals surface area contributed by atoms with Crippen molar-refractivity contribution < 1.29 is 33.0 Å². The third kappa shape index (κ3) is 5.84. The van der Waals surface area contributed by atoms with Crippen LogP contribution in [-0.4, -0.2) is 60.9 Å². The summed E-state index contributed by atoms with van der Waals surface area (Å²) in [4.78, 5) is 36.9. The monoisotopic (exact) mass is 482 g/mol. The van der Waals surface area contributed by atoms with E-state index in [-0.39, 0.29) is 29.4 Å². The molecule has 172 valence electrons. The lowest BCUT2D eigenvalue weighted by molar-refractivity contribution is -0.140. The predicted octanol–water partition coefficient (Wildman–Crippen LogP) is 1.36. The maximum atomic E-state index is 13.1. The van der Waals surface area contributed by atoms with E-state index in [1.54, 1.807) is 0 Å². The summed E-state index contributed by atoms with van der Waals surface area (Å²) in [6.07, 6.45) is 0.520. The first-order valence-corrected chi connectivity index (χ1v) is 11.2. The predicted molar refractivity (Wildman–Crippen MR) is 119 cm³/mol. The summed E-state index contributed by atoms with van der Waals surface area (Å²) in [5, 5.41) is 21.5. The Morgan fingerprint density at radius 1 is 1.06 bits per heavy atom. The van der Waals surface area contributed by atoms with Crippen LogP contribution in [0.25, 0.3) is 0 Å². The van der Waals surface area contributed by atoms with Crippen molar-refractivity contribution in [3.8, 4) is 0 Å². The van der Waals surface area contributed by atoms with Crippen LogP contribution in [0.15, 0.2) is 59.5 Å². The smallest absolute Gasteiger partial charge is 0.323 e. The highest BCUT2D eigenvalue weighted by Crippen LogP contribution is 2.30. The zero-order valence-corrected chi connectivity index (χ0v) is 18.5. The van der Waals surface area contributed by atoms with Gasteiger partial charge in [-0.25, -0.2) is 8.42 Å². The summed E-state index contributed by atoms with van der Waals surface area (Å²) >= 11 is 0. The first-order chi connectivity index (χ1) is 14.7. The summed E-state index contributed by atoms with van der Waals surface area (Å²) in [6, 6.07) is 12.2. The van der Waals surface area contributed by atoms with Gasteiger partial charge in [0, 0.05) is 0 Å². The van der Waals surface area contributed by atoms with E-state index < -0.39 is 52.1 Å². The lowest BCUT2D eigenvalue weighted by Crippen LogP contribution is -2.54. The van der Waals surface area contributed by atoms with E-state index in [1.165, 1.54) is 24.3 Å². The molecule has 2 atom stereocenters. The molecule has 0 saturated carbocycles. The van der Waals surface area contributed by atoms with Gasteiger partial charge in [-0.05, 0) is 30.5 Å². The molecule has 0 saturated heterocycles. The number of carboxylic acid groups (broad SMARTS) is 2. The molecule has 3 N–H and O–H groups in total. The van der Waals surface area contributed by atoms with Gasteiger partial charge in [0.1, 0.15) is 18.6 Å². The number of carbonyl (C=O) groups is 3. The molecule has 1 unspecified atom stereocenters. The number of benzene rings is 2. The number of para-hydroxylation sites is 1. The van der Waals surface area contributed by atoms with Crippen molar-refractivity contribution in [3.05, 3.63) is 60.2 Å². The molecule has 9 nitrogen and oxygen atoms in total. The van der Waals surface area contributed by atoms with Crippen LogP contribution in [0.3, 0.4) is 0 Å². The number of fused-ring (bicyclic) bond motifs is 1. The van der Waals surface area contributed by atoms with Gasteiger partial charge in [0.05, 0.1) is 16.3 Å². The van der Waals surface area contributed by atoms with Gasteiger partial charge < -0.3 is 10.2 Å². The summed E-state index contributed by atoms with van der Waals surface area (Å²) in [6.45, 7) is -0.745. The number of nitrogens with zero attached hydrogens (tertiary/aromatic N) is 1. The minimum absolute atomic E-state index is 0. The maximum absolute atomic E-state index is 13.1. The Balaban J connectivity index is 0.00000363. The quantitative estimate of drug-likeness (QED) is 0.512. The molecular weight excluding hydrogens is 460 g/mol. The van der Waals surface area contributed by atoms with E-state index in [0.717, 1.165) is 10.5 Å². The van der Waals surface area contributed by atoms with Crippen molar-refractivity contribution in [2.24, 2.45) is 0 Å². The van der Waals surface area contributed by atoms with Crippen LogP contribution in [-0.2, 0) is 30.6 Å². The molecule has 2 aromatic carbocycles. The normalized spacial score (nSPS) is 18.1. The van der Waals surface area contributed by atoms with Crippen LogP contribution in [0.1, 0.15) is 12.0 Å². The lowest BCUT2D eigenvalue weighted by atomic mass is 10.0. The highest BCUT2D eigenvalue weighted by atomic mass is 35.5. The highest BCUT2D eigenvalue weighted by Gasteiger charge is 2.40. The van der Waals surface area contributed by atoms with Crippen molar-refractivity contribution in [3.63, 3.8) is 0 Å². The van der Waals surface area contributed by atoms with Gasteiger partial charge in [-0.3, -0.25) is 24.6 Å². The number of halogens is 1. The number of aliphatic carboxylic acids is 2. The Bertz CT molecular complexity index is 1090. The van der Waals surface area contributed by atoms with Crippen molar-refractivity contribution in [1.82, 2.24) is 5.32 Å². The minimum atomic E-state index is -3.98. The average Bonchev–Trinajstić information content (AvgIpc) is 2.80. The Hall–Kier alpha value is -2.95. The molecule has 0 spiro atoms. The molecule has 1 aliphatic heterocycles. The number of hydrogen-bond donors (Lipinski definition) is 3. The number of amides is 1. The van der Waals surface area contributed by atoms with E-state index >= 15 is 0 Å². The first kappa shape index (κ1) is 25.3. The second-order valence-electron chi connectivity index (χ2n) is 7.20. The van der Waals surface area contributed by atoms with Crippen molar-refractivity contribution in [1.29, 1.82) is 0 Å². The largest absolute Gasteiger partial charge is 0.480 e. The van der Waals surface area contributed by atoms with Crippen molar-refractivity contribution >= 4 is 45.8 Å². The second-order valence-corrected chi connectivity index (χ2v) is 9.20. The zero-order chi connectivity index (χ0) is 22.6. The minimum Gasteiger partial charge on any atom is -0.480 e. The first-order valence-electron chi connectivity index (χ1n) is 9.57. The van der Waals surface area contributed by atoms with E-state index in [0.29, 0.717) is 6.42 Å².